The van der Waals surface area contributed by atoms with E-state index in [1.807, 2.05) is 67.6 Å². The molecule has 5 nitrogen and oxygen atoms in total. The van der Waals surface area contributed by atoms with Crippen LogP contribution in [0.4, 0.5) is 5.69 Å². The molecule has 4 rings (SSSR count). The van der Waals surface area contributed by atoms with Crippen LogP contribution in [0.5, 0.6) is 5.75 Å². The number of hydrogen-bond acceptors (Lipinski definition) is 3. The molecule has 0 aromatic heterocycles. The second-order valence-electron chi connectivity index (χ2n) is 6.93. The molecule has 0 saturated carbocycles. The fourth-order valence-electron chi connectivity index (χ4n) is 3.08. The third-order valence-electron chi connectivity index (χ3n) is 4.69. The molecule has 2 amide bonds. The van der Waals surface area contributed by atoms with Crippen LogP contribution in [-0.2, 0) is 16.2 Å². The lowest BCUT2D eigenvalue weighted by atomic mass is 10.1. The molecular formula is C24H19BrN2O3. The highest BCUT2D eigenvalue weighted by molar-refractivity contribution is 9.10. The Kier molecular flexibility index (Phi) is 5.68. The number of aryl methyl sites for hydroxylation is 1. The molecule has 1 aliphatic heterocycles. The van der Waals surface area contributed by atoms with Crippen LogP contribution in [0.3, 0.4) is 0 Å². The second-order valence-corrected chi connectivity index (χ2v) is 7.85. The monoisotopic (exact) mass is 462 g/mol. The first-order valence-corrected chi connectivity index (χ1v) is 10.2. The van der Waals surface area contributed by atoms with Gasteiger partial charge in [-0.25, -0.2) is 5.01 Å². The summed E-state index contributed by atoms with van der Waals surface area (Å²) in [6.07, 6.45) is 1.57. The third-order valence-corrected chi connectivity index (χ3v) is 5.19. The normalized spacial score (nSPS) is 14.9. The topological polar surface area (TPSA) is 58.6 Å². The van der Waals surface area contributed by atoms with Crippen molar-refractivity contribution in [3.05, 3.63) is 99.5 Å². The molecule has 3 aromatic rings. The van der Waals surface area contributed by atoms with Crippen molar-refractivity contribution in [3.63, 3.8) is 0 Å². The van der Waals surface area contributed by atoms with Crippen molar-refractivity contribution >= 4 is 39.5 Å². The smallest absolute Gasteiger partial charge is 0.282 e. The van der Waals surface area contributed by atoms with Crippen molar-refractivity contribution in [1.82, 2.24) is 5.43 Å². The summed E-state index contributed by atoms with van der Waals surface area (Å²) in [7, 11) is 0. The second kappa shape index (κ2) is 8.55. The van der Waals surface area contributed by atoms with Gasteiger partial charge < -0.3 is 4.74 Å². The van der Waals surface area contributed by atoms with Crippen LogP contribution < -0.4 is 15.2 Å². The Balaban J connectivity index is 1.61. The van der Waals surface area contributed by atoms with Crippen LogP contribution in [0.2, 0.25) is 0 Å². The summed E-state index contributed by atoms with van der Waals surface area (Å²) >= 11 is 3.45. The number of benzene rings is 3. The molecule has 0 bridgehead atoms. The number of rotatable bonds is 5. The molecule has 30 heavy (non-hydrogen) atoms. The number of para-hydroxylation sites is 1. The lowest BCUT2D eigenvalue weighted by Gasteiger charge is -2.14. The first-order valence-electron chi connectivity index (χ1n) is 9.41. The van der Waals surface area contributed by atoms with Crippen LogP contribution in [0.25, 0.3) is 6.08 Å². The summed E-state index contributed by atoms with van der Waals surface area (Å²) in [6.45, 7) is 2.42. The molecule has 1 N–H and O–H groups in total. The van der Waals surface area contributed by atoms with E-state index in [4.69, 9.17) is 4.74 Å². The number of amides is 2. The Morgan fingerprint density at radius 3 is 2.47 bits per heavy atom. The molecule has 0 radical (unpaired) electrons. The van der Waals surface area contributed by atoms with Gasteiger partial charge in [0.2, 0.25) is 0 Å². The Morgan fingerprint density at radius 1 is 1.00 bits per heavy atom. The Bertz CT molecular complexity index is 1120. The van der Waals surface area contributed by atoms with Crippen LogP contribution in [0, 0.1) is 6.92 Å². The van der Waals surface area contributed by atoms with Gasteiger partial charge in [-0.1, -0.05) is 64.0 Å². The highest BCUT2D eigenvalue weighted by Gasteiger charge is 2.34. The maximum Gasteiger partial charge on any atom is 0.282 e. The van der Waals surface area contributed by atoms with Gasteiger partial charge in [-0.2, -0.15) is 0 Å². The van der Waals surface area contributed by atoms with Crippen molar-refractivity contribution in [3.8, 4) is 5.75 Å². The first kappa shape index (κ1) is 19.9. The Hall–Kier alpha value is -3.38. The van der Waals surface area contributed by atoms with Gasteiger partial charge in [0.15, 0.2) is 0 Å². The fourth-order valence-corrected chi connectivity index (χ4v) is 3.46. The van der Waals surface area contributed by atoms with Crippen LogP contribution in [0.1, 0.15) is 16.7 Å². The van der Waals surface area contributed by atoms with Crippen molar-refractivity contribution in [2.45, 2.75) is 13.5 Å². The molecule has 1 fully saturated rings. The van der Waals surface area contributed by atoms with Gasteiger partial charge in [0.05, 0.1) is 5.69 Å². The van der Waals surface area contributed by atoms with E-state index in [1.54, 1.807) is 18.2 Å². The maximum atomic E-state index is 12.8. The zero-order valence-corrected chi connectivity index (χ0v) is 17.8. The summed E-state index contributed by atoms with van der Waals surface area (Å²) in [5.74, 6) is -0.269. The lowest BCUT2D eigenvalue weighted by Crippen LogP contribution is -2.35. The molecule has 3 aromatic carbocycles. The highest BCUT2D eigenvalue weighted by atomic mass is 79.9. The van der Waals surface area contributed by atoms with E-state index in [-0.39, 0.29) is 5.57 Å². The zero-order valence-electron chi connectivity index (χ0n) is 16.3. The van der Waals surface area contributed by atoms with E-state index in [2.05, 4.69) is 21.4 Å². The van der Waals surface area contributed by atoms with Gasteiger partial charge in [0.1, 0.15) is 17.9 Å². The molecule has 1 aliphatic rings. The number of ether oxygens (including phenoxy) is 1. The Morgan fingerprint density at radius 2 is 1.73 bits per heavy atom. The highest BCUT2D eigenvalue weighted by Crippen LogP contribution is 2.28. The minimum absolute atomic E-state index is 0.0529. The SMILES string of the molecule is Cc1ccc(COc2ccc(Br)cc2/C=C2/C(=O)NN(c3ccccc3)C2=O)cc1. The average Bonchev–Trinajstić information content (AvgIpc) is 3.03. The molecule has 150 valence electrons. The Labute approximate surface area is 183 Å². The predicted octanol–water partition coefficient (Wildman–Crippen LogP) is 4.80. The molecule has 0 aliphatic carbocycles. The van der Waals surface area contributed by atoms with Gasteiger partial charge in [-0.3, -0.25) is 15.0 Å². The number of halogens is 1. The van der Waals surface area contributed by atoms with Gasteiger partial charge in [-0.05, 0) is 48.9 Å². The number of carbonyl (C=O) groups is 2. The van der Waals surface area contributed by atoms with Gasteiger partial charge in [0.25, 0.3) is 11.8 Å². The first-order chi connectivity index (χ1) is 14.5. The number of nitrogens with zero attached hydrogens (tertiary/aromatic N) is 1. The number of carbonyl (C=O) groups excluding carboxylic acids is 2. The lowest BCUT2D eigenvalue weighted by molar-refractivity contribution is -0.117. The maximum absolute atomic E-state index is 12.8. The summed E-state index contributed by atoms with van der Waals surface area (Å²) in [4.78, 5) is 25.3. The van der Waals surface area contributed by atoms with Crippen LogP contribution in [-0.4, -0.2) is 11.8 Å². The van der Waals surface area contributed by atoms with E-state index in [0.717, 1.165) is 10.0 Å². The predicted molar refractivity (Wildman–Crippen MR) is 120 cm³/mol. The molecular weight excluding hydrogens is 444 g/mol. The summed E-state index contributed by atoms with van der Waals surface area (Å²) < 4.78 is 6.81. The summed E-state index contributed by atoms with van der Waals surface area (Å²) in [6, 6.07) is 22.6. The van der Waals surface area contributed by atoms with Crippen molar-refractivity contribution in [2.24, 2.45) is 0 Å². The van der Waals surface area contributed by atoms with Crippen LogP contribution >= 0.6 is 15.9 Å². The third kappa shape index (κ3) is 4.28. The number of hydrazine groups is 1. The molecule has 0 spiro atoms. The average molecular weight is 463 g/mol. The minimum Gasteiger partial charge on any atom is -0.488 e. The van der Waals surface area contributed by atoms with E-state index in [9.17, 15) is 9.59 Å². The van der Waals surface area contributed by atoms with E-state index < -0.39 is 11.8 Å². The number of anilines is 1. The molecule has 0 atom stereocenters. The van der Waals surface area contributed by atoms with Crippen molar-refractivity contribution < 1.29 is 14.3 Å². The van der Waals surface area contributed by atoms with E-state index in [1.165, 1.54) is 10.6 Å². The number of hydrogen-bond donors (Lipinski definition) is 1. The molecule has 1 saturated heterocycles. The van der Waals surface area contributed by atoms with E-state index in [0.29, 0.717) is 23.6 Å². The zero-order chi connectivity index (χ0) is 21.1. The standard InChI is InChI=1S/C24H19BrN2O3/c1-16-7-9-17(10-8-16)15-30-22-12-11-19(25)13-18(22)14-21-23(28)26-27(24(21)29)20-5-3-2-4-6-20/h2-14H,15H2,1H3,(H,26,28)/b21-14-. The largest absolute Gasteiger partial charge is 0.488 e. The van der Waals surface area contributed by atoms with E-state index >= 15 is 0 Å². The van der Waals surface area contributed by atoms with Gasteiger partial charge >= 0.3 is 0 Å². The van der Waals surface area contributed by atoms with Gasteiger partial charge in [-0.15, -0.1) is 0 Å². The van der Waals surface area contributed by atoms with Gasteiger partial charge in [0, 0.05) is 10.0 Å². The molecule has 1 heterocycles. The number of nitrogens with one attached hydrogen (secondary N) is 1. The summed E-state index contributed by atoms with van der Waals surface area (Å²) in [5.41, 5.74) is 6.13. The quantitative estimate of drug-likeness (QED) is 0.437. The molecule has 0 unspecified atom stereocenters. The van der Waals surface area contributed by atoms with Crippen molar-refractivity contribution in [1.29, 1.82) is 0 Å². The van der Waals surface area contributed by atoms with Crippen molar-refractivity contribution in [2.75, 3.05) is 5.01 Å². The summed E-state index contributed by atoms with van der Waals surface area (Å²) in [5, 5.41) is 1.25. The van der Waals surface area contributed by atoms with Crippen LogP contribution in [0.15, 0.2) is 82.8 Å². The fraction of sp³-hybridized carbons (Fsp3) is 0.0833. The molecule has 6 heteroatoms. The minimum atomic E-state index is -0.451.